The molecule has 1 aliphatic heterocycles. The highest BCUT2D eigenvalue weighted by molar-refractivity contribution is 9.10. The molecule has 1 saturated heterocycles. The van der Waals surface area contributed by atoms with E-state index in [1.54, 1.807) is 0 Å². The number of rotatable bonds is 3. The molecule has 1 amide bonds. The van der Waals surface area contributed by atoms with Gasteiger partial charge in [-0.05, 0) is 48.6 Å². The highest BCUT2D eigenvalue weighted by atomic mass is 79.9. The van der Waals surface area contributed by atoms with E-state index in [1.807, 2.05) is 36.0 Å². The maximum absolute atomic E-state index is 11.7. The summed E-state index contributed by atoms with van der Waals surface area (Å²) >= 11 is 5.26. The third kappa shape index (κ3) is 2.96. The fourth-order valence-electron chi connectivity index (χ4n) is 1.96. The molecule has 0 radical (unpaired) electrons. The molecule has 3 nitrogen and oxygen atoms in total. The van der Waals surface area contributed by atoms with Crippen LogP contribution in [0.1, 0.15) is 12.8 Å². The van der Waals surface area contributed by atoms with E-state index < -0.39 is 5.54 Å². The molecular weight excluding hydrogens is 300 g/mol. The number of thioether (sulfide) groups is 1. The molecule has 0 bridgehead atoms. The summed E-state index contributed by atoms with van der Waals surface area (Å²) in [5.74, 6) is 1.71. The number of hydrogen-bond donors (Lipinski definition) is 2. The van der Waals surface area contributed by atoms with Crippen molar-refractivity contribution in [1.29, 1.82) is 0 Å². The second-order valence-electron chi connectivity index (χ2n) is 4.19. The number of nitrogens with one attached hydrogen (secondary N) is 1. The normalized spacial score (nSPS) is 18.6. The maximum atomic E-state index is 11.7. The van der Waals surface area contributed by atoms with Gasteiger partial charge in [-0.1, -0.05) is 15.9 Å². The second kappa shape index (κ2) is 5.31. The number of carbonyl (C=O) groups excluding carboxylic acids is 1. The standard InChI is InChI=1S/C12H15BrN2OS/c13-9-1-3-10(4-2-9)15-12(11(14)16)5-7-17-8-6-12/h1-4,15H,5-8H2,(H2,14,16). The molecule has 17 heavy (non-hydrogen) atoms. The molecule has 1 aliphatic rings. The van der Waals surface area contributed by atoms with Crippen molar-refractivity contribution in [2.75, 3.05) is 16.8 Å². The van der Waals surface area contributed by atoms with Crippen LogP contribution in [0.15, 0.2) is 28.7 Å². The monoisotopic (exact) mass is 314 g/mol. The fourth-order valence-corrected chi connectivity index (χ4v) is 3.42. The van der Waals surface area contributed by atoms with E-state index >= 15 is 0 Å². The third-order valence-corrected chi connectivity index (χ3v) is 4.56. The molecule has 0 atom stereocenters. The zero-order chi connectivity index (χ0) is 12.3. The summed E-state index contributed by atoms with van der Waals surface area (Å²) in [6.07, 6.45) is 1.59. The molecule has 0 unspecified atom stereocenters. The Hall–Kier alpha value is -0.680. The highest BCUT2D eigenvalue weighted by Gasteiger charge is 2.37. The van der Waals surface area contributed by atoms with Crippen molar-refractivity contribution in [2.45, 2.75) is 18.4 Å². The average Bonchev–Trinajstić information content (AvgIpc) is 2.33. The molecule has 0 saturated carbocycles. The first-order chi connectivity index (χ1) is 8.12. The number of anilines is 1. The van der Waals surface area contributed by atoms with Crippen molar-refractivity contribution in [1.82, 2.24) is 0 Å². The summed E-state index contributed by atoms with van der Waals surface area (Å²) < 4.78 is 1.02. The highest BCUT2D eigenvalue weighted by Crippen LogP contribution is 2.30. The molecule has 5 heteroatoms. The topological polar surface area (TPSA) is 55.1 Å². The Morgan fingerprint density at radius 1 is 1.29 bits per heavy atom. The van der Waals surface area contributed by atoms with Gasteiger partial charge in [-0.3, -0.25) is 4.79 Å². The molecule has 0 aromatic heterocycles. The first-order valence-corrected chi connectivity index (χ1v) is 7.49. The van der Waals surface area contributed by atoms with Crippen LogP contribution < -0.4 is 11.1 Å². The molecule has 1 fully saturated rings. The summed E-state index contributed by atoms with van der Waals surface area (Å²) in [6.45, 7) is 0. The van der Waals surface area contributed by atoms with Crippen LogP contribution in [0.5, 0.6) is 0 Å². The van der Waals surface area contributed by atoms with E-state index in [-0.39, 0.29) is 5.91 Å². The van der Waals surface area contributed by atoms with Crippen LogP contribution >= 0.6 is 27.7 Å². The van der Waals surface area contributed by atoms with Crippen LogP contribution in [0.2, 0.25) is 0 Å². The van der Waals surface area contributed by atoms with Gasteiger partial charge < -0.3 is 11.1 Å². The number of carbonyl (C=O) groups is 1. The first-order valence-electron chi connectivity index (χ1n) is 5.54. The van der Waals surface area contributed by atoms with Gasteiger partial charge in [0.15, 0.2) is 0 Å². The first kappa shape index (κ1) is 12.8. The van der Waals surface area contributed by atoms with Crippen molar-refractivity contribution < 1.29 is 4.79 Å². The minimum absolute atomic E-state index is 0.249. The lowest BCUT2D eigenvalue weighted by molar-refractivity contribution is -0.122. The lowest BCUT2D eigenvalue weighted by Crippen LogP contribution is -2.52. The van der Waals surface area contributed by atoms with Crippen LogP contribution in [0.25, 0.3) is 0 Å². The molecule has 1 aromatic rings. The van der Waals surface area contributed by atoms with E-state index in [9.17, 15) is 4.79 Å². The van der Waals surface area contributed by atoms with Gasteiger partial charge >= 0.3 is 0 Å². The molecule has 3 N–H and O–H groups in total. The number of primary amides is 1. The van der Waals surface area contributed by atoms with Gasteiger partial charge in [0, 0.05) is 10.2 Å². The summed E-state index contributed by atoms with van der Waals surface area (Å²) in [5.41, 5.74) is 5.93. The van der Waals surface area contributed by atoms with Crippen LogP contribution in [-0.4, -0.2) is 23.0 Å². The number of amides is 1. The summed E-state index contributed by atoms with van der Waals surface area (Å²) in [7, 11) is 0. The molecule has 2 rings (SSSR count). The summed E-state index contributed by atoms with van der Waals surface area (Å²) in [6, 6.07) is 7.82. The van der Waals surface area contributed by atoms with E-state index in [0.717, 1.165) is 34.5 Å². The summed E-state index contributed by atoms with van der Waals surface area (Å²) in [5, 5.41) is 3.31. The van der Waals surface area contributed by atoms with Crippen LogP contribution in [0, 0.1) is 0 Å². The number of benzene rings is 1. The van der Waals surface area contributed by atoms with Gasteiger partial charge in [0.05, 0.1) is 0 Å². The number of hydrogen-bond acceptors (Lipinski definition) is 3. The molecule has 0 spiro atoms. The SMILES string of the molecule is NC(=O)C1(Nc2ccc(Br)cc2)CCSCC1. The third-order valence-electron chi connectivity index (χ3n) is 3.05. The van der Waals surface area contributed by atoms with Crippen molar-refractivity contribution in [2.24, 2.45) is 5.73 Å². The predicted octanol–water partition coefficient (Wildman–Crippen LogP) is 2.61. The molecular formula is C12H15BrN2OS. The quantitative estimate of drug-likeness (QED) is 0.901. The van der Waals surface area contributed by atoms with Gasteiger partial charge in [0.1, 0.15) is 5.54 Å². The van der Waals surface area contributed by atoms with Crippen molar-refractivity contribution >= 4 is 39.3 Å². The van der Waals surface area contributed by atoms with Gasteiger partial charge in [-0.25, -0.2) is 0 Å². The Labute approximate surface area is 114 Å². The minimum Gasteiger partial charge on any atom is -0.371 e. The maximum Gasteiger partial charge on any atom is 0.243 e. The minimum atomic E-state index is -0.570. The van der Waals surface area contributed by atoms with Gasteiger partial charge in [0.2, 0.25) is 5.91 Å². The number of halogens is 1. The van der Waals surface area contributed by atoms with Crippen LogP contribution in [-0.2, 0) is 4.79 Å². The Balaban J connectivity index is 2.17. The van der Waals surface area contributed by atoms with E-state index in [1.165, 1.54) is 0 Å². The molecule has 92 valence electrons. The predicted molar refractivity (Wildman–Crippen MR) is 76.2 cm³/mol. The van der Waals surface area contributed by atoms with E-state index in [2.05, 4.69) is 21.2 Å². The number of nitrogens with two attached hydrogens (primary N) is 1. The second-order valence-corrected chi connectivity index (χ2v) is 6.33. The Bertz CT molecular complexity index is 401. The van der Waals surface area contributed by atoms with Gasteiger partial charge in [-0.15, -0.1) is 0 Å². The summed E-state index contributed by atoms with van der Waals surface area (Å²) in [4.78, 5) is 11.7. The van der Waals surface area contributed by atoms with E-state index in [4.69, 9.17) is 5.73 Å². The zero-order valence-electron chi connectivity index (χ0n) is 9.41. The largest absolute Gasteiger partial charge is 0.371 e. The Kier molecular flexibility index (Phi) is 3.99. The van der Waals surface area contributed by atoms with Gasteiger partial charge in [-0.2, -0.15) is 11.8 Å². The van der Waals surface area contributed by atoms with Crippen molar-refractivity contribution in [3.8, 4) is 0 Å². The Morgan fingerprint density at radius 2 is 1.88 bits per heavy atom. The smallest absolute Gasteiger partial charge is 0.243 e. The lowest BCUT2D eigenvalue weighted by Gasteiger charge is -2.35. The average molecular weight is 315 g/mol. The van der Waals surface area contributed by atoms with Crippen molar-refractivity contribution in [3.63, 3.8) is 0 Å². The van der Waals surface area contributed by atoms with Crippen LogP contribution in [0.3, 0.4) is 0 Å². The van der Waals surface area contributed by atoms with Crippen LogP contribution in [0.4, 0.5) is 5.69 Å². The van der Waals surface area contributed by atoms with E-state index in [0.29, 0.717) is 0 Å². The van der Waals surface area contributed by atoms with Gasteiger partial charge in [0.25, 0.3) is 0 Å². The fraction of sp³-hybridized carbons (Fsp3) is 0.417. The Morgan fingerprint density at radius 3 is 2.41 bits per heavy atom. The lowest BCUT2D eigenvalue weighted by atomic mass is 9.91. The molecule has 0 aliphatic carbocycles. The molecule has 1 heterocycles. The zero-order valence-corrected chi connectivity index (χ0v) is 11.8. The van der Waals surface area contributed by atoms with Crippen molar-refractivity contribution in [3.05, 3.63) is 28.7 Å². The molecule has 1 aromatic carbocycles.